The molecule has 0 aromatic rings. The van der Waals surface area contributed by atoms with E-state index in [9.17, 15) is 4.79 Å². The predicted octanol–water partition coefficient (Wildman–Crippen LogP) is 1.24. The van der Waals surface area contributed by atoms with E-state index in [-0.39, 0.29) is 0 Å². The molecule has 1 amide bonds. The van der Waals surface area contributed by atoms with Gasteiger partial charge in [0.05, 0.1) is 0 Å². The van der Waals surface area contributed by atoms with Crippen molar-refractivity contribution in [2.75, 3.05) is 26.2 Å². The molecule has 14 heavy (non-hydrogen) atoms. The number of nitrogens with one attached hydrogen (secondary N) is 1. The van der Waals surface area contributed by atoms with Crippen LogP contribution in [0.25, 0.3) is 0 Å². The van der Waals surface area contributed by atoms with E-state index in [1.807, 2.05) is 18.7 Å². The number of carbonyl (C=O) groups is 1. The molecule has 3 nitrogen and oxygen atoms in total. The lowest BCUT2D eigenvalue weighted by molar-refractivity contribution is -0.131. The van der Waals surface area contributed by atoms with Crippen molar-refractivity contribution in [3.05, 3.63) is 0 Å². The second kappa shape index (κ2) is 6.02. The molecule has 0 spiro atoms. The van der Waals surface area contributed by atoms with E-state index in [0.29, 0.717) is 11.8 Å². The van der Waals surface area contributed by atoms with E-state index in [0.717, 1.165) is 32.6 Å². The zero-order valence-electron chi connectivity index (χ0n) is 9.38. The van der Waals surface area contributed by atoms with Crippen LogP contribution in [0.2, 0.25) is 0 Å². The Morgan fingerprint density at radius 1 is 1.43 bits per heavy atom. The second-order valence-corrected chi connectivity index (χ2v) is 3.98. The van der Waals surface area contributed by atoms with Crippen LogP contribution in [-0.4, -0.2) is 37.0 Å². The van der Waals surface area contributed by atoms with E-state index in [1.165, 1.54) is 12.8 Å². The molecule has 0 bridgehead atoms. The molecule has 0 saturated carbocycles. The maximum atomic E-state index is 11.8. The van der Waals surface area contributed by atoms with Gasteiger partial charge in [-0.3, -0.25) is 4.79 Å². The molecular weight excluding hydrogens is 176 g/mol. The first-order chi connectivity index (χ1) is 6.77. The van der Waals surface area contributed by atoms with Crippen LogP contribution in [-0.2, 0) is 4.79 Å². The third kappa shape index (κ3) is 3.29. The van der Waals surface area contributed by atoms with Crippen LogP contribution >= 0.6 is 0 Å². The molecule has 0 radical (unpaired) electrons. The van der Waals surface area contributed by atoms with Crippen molar-refractivity contribution in [3.63, 3.8) is 0 Å². The van der Waals surface area contributed by atoms with Gasteiger partial charge >= 0.3 is 0 Å². The van der Waals surface area contributed by atoms with Crippen molar-refractivity contribution < 1.29 is 4.79 Å². The number of hydrogen-bond donors (Lipinski definition) is 1. The molecule has 1 rings (SSSR count). The van der Waals surface area contributed by atoms with Crippen molar-refractivity contribution in [3.8, 4) is 0 Å². The summed E-state index contributed by atoms with van der Waals surface area (Å²) in [5.74, 6) is 0.889. The second-order valence-electron chi connectivity index (χ2n) is 3.98. The highest BCUT2D eigenvalue weighted by Crippen LogP contribution is 2.15. The lowest BCUT2D eigenvalue weighted by Gasteiger charge is -2.25. The van der Waals surface area contributed by atoms with E-state index < -0.39 is 0 Å². The average molecular weight is 198 g/mol. The average Bonchev–Trinajstić information content (AvgIpc) is 2.21. The number of nitrogens with zero attached hydrogens (tertiary/aromatic N) is 1. The number of amides is 1. The van der Waals surface area contributed by atoms with E-state index in [1.54, 1.807) is 0 Å². The fraction of sp³-hybridized carbons (Fsp3) is 0.909. The molecule has 1 saturated heterocycles. The Labute approximate surface area is 86.9 Å². The normalized spacial score (nSPS) is 22.0. The summed E-state index contributed by atoms with van der Waals surface area (Å²) in [6, 6.07) is 0. The molecule has 0 unspecified atom stereocenters. The van der Waals surface area contributed by atoms with Crippen LogP contribution in [0.4, 0.5) is 0 Å². The van der Waals surface area contributed by atoms with Gasteiger partial charge in [0.1, 0.15) is 0 Å². The highest BCUT2D eigenvalue weighted by atomic mass is 16.2. The zero-order chi connectivity index (χ0) is 10.4. The van der Waals surface area contributed by atoms with Crippen molar-refractivity contribution in [2.24, 2.45) is 5.92 Å². The number of rotatable bonds is 4. The van der Waals surface area contributed by atoms with Crippen LogP contribution in [0, 0.1) is 5.92 Å². The van der Waals surface area contributed by atoms with Gasteiger partial charge in [0.25, 0.3) is 0 Å². The maximum Gasteiger partial charge on any atom is 0.222 e. The topological polar surface area (TPSA) is 32.3 Å². The highest BCUT2D eigenvalue weighted by molar-refractivity contribution is 5.76. The number of piperidine rings is 1. The Balaban J connectivity index is 2.30. The predicted molar refractivity (Wildman–Crippen MR) is 58.1 cm³/mol. The molecule has 1 heterocycles. The summed E-state index contributed by atoms with van der Waals surface area (Å²) in [5.41, 5.74) is 0. The summed E-state index contributed by atoms with van der Waals surface area (Å²) < 4.78 is 0. The Kier molecular flexibility index (Phi) is 4.94. The van der Waals surface area contributed by atoms with Gasteiger partial charge in [-0.15, -0.1) is 0 Å². The van der Waals surface area contributed by atoms with Gasteiger partial charge in [0, 0.05) is 19.5 Å². The van der Waals surface area contributed by atoms with Gasteiger partial charge < -0.3 is 10.2 Å². The minimum absolute atomic E-state index is 0.323. The summed E-state index contributed by atoms with van der Waals surface area (Å²) in [4.78, 5) is 13.7. The van der Waals surface area contributed by atoms with Gasteiger partial charge in [-0.05, 0) is 45.7 Å². The highest BCUT2D eigenvalue weighted by Gasteiger charge is 2.18. The minimum Gasteiger partial charge on any atom is -0.343 e. The molecule has 1 atom stereocenters. The van der Waals surface area contributed by atoms with Crippen LogP contribution in [0.3, 0.4) is 0 Å². The first kappa shape index (κ1) is 11.5. The van der Waals surface area contributed by atoms with Gasteiger partial charge in [0.2, 0.25) is 5.91 Å². The Morgan fingerprint density at radius 2 is 2.14 bits per heavy atom. The minimum atomic E-state index is 0.323. The molecule has 0 aliphatic carbocycles. The smallest absolute Gasteiger partial charge is 0.222 e. The van der Waals surface area contributed by atoms with Gasteiger partial charge in [-0.25, -0.2) is 0 Å². The molecule has 1 N–H and O–H groups in total. The summed E-state index contributed by atoms with van der Waals surface area (Å²) in [7, 11) is 0. The van der Waals surface area contributed by atoms with Crippen molar-refractivity contribution in [1.29, 1.82) is 0 Å². The van der Waals surface area contributed by atoms with Crippen LogP contribution in [0.5, 0.6) is 0 Å². The van der Waals surface area contributed by atoms with Crippen LogP contribution in [0.15, 0.2) is 0 Å². The summed E-state index contributed by atoms with van der Waals surface area (Å²) in [6.07, 6.45) is 3.16. The third-order valence-corrected chi connectivity index (χ3v) is 2.98. The lowest BCUT2D eigenvalue weighted by atomic mass is 9.95. The van der Waals surface area contributed by atoms with E-state index >= 15 is 0 Å². The number of carbonyl (C=O) groups excluding carboxylic acids is 1. The van der Waals surface area contributed by atoms with E-state index in [4.69, 9.17) is 0 Å². The Morgan fingerprint density at radius 3 is 2.64 bits per heavy atom. The third-order valence-electron chi connectivity index (χ3n) is 2.98. The van der Waals surface area contributed by atoms with Crippen molar-refractivity contribution in [2.45, 2.75) is 33.1 Å². The van der Waals surface area contributed by atoms with Crippen LogP contribution in [0.1, 0.15) is 33.1 Å². The fourth-order valence-corrected chi connectivity index (χ4v) is 2.05. The lowest BCUT2D eigenvalue weighted by Crippen LogP contribution is -2.36. The standard InChI is InChI=1S/C11H22N2O/c1-3-13(4-2)11(14)8-10-6-5-7-12-9-10/h10,12H,3-9H2,1-2H3/t10-/m0/s1. The Hall–Kier alpha value is -0.570. The zero-order valence-corrected chi connectivity index (χ0v) is 9.38. The van der Waals surface area contributed by atoms with Gasteiger partial charge in [-0.2, -0.15) is 0 Å². The quantitative estimate of drug-likeness (QED) is 0.737. The monoisotopic (exact) mass is 198 g/mol. The van der Waals surface area contributed by atoms with Crippen LogP contribution < -0.4 is 5.32 Å². The SMILES string of the molecule is CCN(CC)C(=O)C[C@@H]1CCCNC1. The molecule has 1 aliphatic rings. The van der Waals surface area contributed by atoms with Gasteiger partial charge in [-0.1, -0.05) is 0 Å². The first-order valence-corrected chi connectivity index (χ1v) is 5.76. The molecule has 3 heteroatoms. The molecule has 1 aliphatic heterocycles. The molecular formula is C11H22N2O. The molecule has 0 aromatic carbocycles. The molecule has 1 fully saturated rings. The molecule has 82 valence electrons. The molecule has 0 aromatic heterocycles. The largest absolute Gasteiger partial charge is 0.343 e. The summed E-state index contributed by atoms with van der Waals surface area (Å²) in [6.45, 7) is 7.91. The van der Waals surface area contributed by atoms with Crippen molar-refractivity contribution in [1.82, 2.24) is 10.2 Å². The summed E-state index contributed by atoms with van der Waals surface area (Å²) >= 11 is 0. The van der Waals surface area contributed by atoms with Gasteiger partial charge in [0.15, 0.2) is 0 Å². The first-order valence-electron chi connectivity index (χ1n) is 5.76. The summed E-state index contributed by atoms with van der Waals surface area (Å²) in [5, 5.41) is 3.34. The van der Waals surface area contributed by atoms with E-state index in [2.05, 4.69) is 5.32 Å². The maximum absolute atomic E-state index is 11.8. The number of hydrogen-bond acceptors (Lipinski definition) is 2. The van der Waals surface area contributed by atoms with Crippen molar-refractivity contribution >= 4 is 5.91 Å². The fourth-order valence-electron chi connectivity index (χ4n) is 2.05. The Bertz CT molecular complexity index is 172.